The van der Waals surface area contributed by atoms with E-state index in [9.17, 15) is 0 Å². The largest absolute Gasteiger partial charge is 0.456 e. The summed E-state index contributed by atoms with van der Waals surface area (Å²) in [7, 11) is 0. The highest BCUT2D eigenvalue weighted by atomic mass is 32.1. The SMILES string of the molecule is C1=Cc2oc3c(-c4ccc5c6c7sc8ccccc8c7ccc6n(C6Nc7ccccc7C(c7ccccc7)N6)c5c4)cccc3c2CC1.C=CC.CC. The predicted octanol–water partition coefficient (Wildman–Crippen LogP) is 14.0. The summed E-state index contributed by atoms with van der Waals surface area (Å²) in [5.41, 5.74) is 10.6. The maximum atomic E-state index is 6.57. The number of nitrogens with one attached hydrogen (secondary N) is 2. The maximum absolute atomic E-state index is 6.57. The first-order chi connectivity index (χ1) is 26.7. The van der Waals surface area contributed by atoms with Crippen LogP contribution in [0.3, 0.4) is 0 Å². The molecule has 2 aliphatic rings. The minimum absolute atomic E-state index is 0.0311. The van der Waals surface area contributed by atoms with Crippen LogP contribution in [-0.2, 0) is 6.42 Å². The van der Waals surface area contributed by atoms with Gasteiger partial charge in [0, 0.05) is 53.1 Å². The van der Waals surface area contributed by atoms with Crippen molar-refractivity contribution >= 4 is 76.0 Å². The molecule has 0 saturated carbocycles. The van der Waals surface area contributed by atoms with Crippen LogP contribution in [0.5, 0.6) is 0 Å². The van der Waals surface area contributed by atoms with Crippen molar-refractivity contribution in [2.24, 2.45) is 0 Å². The Hall–Kier alpha value is -5.88. The second kappa shape index (κ2) is 14.2. The molecule has 5 heteroatoms. The molecule has 9 aromatic rings. The first-order valence-corrected chi connectivity index (χ1v) is 19.9. The van der Waals surface area contributed by atoms with Crippen LogP contribution in [0.1, 0.15) is 62.0 Å². The number of fused-ring (bicyclic) bond motifs is 11. The molecule has 1 aliphatic heterocycles. The van der Waals surface area contributed by atoms with Gasteiger partial charge in [0.15, 0.2) is 6.29 Å². The molecule has 3 aromatic heterocycles. The average molecular weight is 722 g/mol. The number of anilines is 1. The third kappa shape index (κ3) is 5.46. The molecule has 0 bridgehead atoms. The number of benzene rings is 6. The monoisotopic (exact) mass is 721 g/mol. The Bertz CT molecular complexity index is 2850. The molecule has 2 unspecified atom stereocenters. The minimum atomic E-state index is -0.195. The molecule has 2 atom stereocenters. The summed E-state index contributed by atoms with van der Waals surface area (Å²) in [4.78, 5) is 0. The van der Waals surface area contributed by atoms with Gasteiger partial charge in [0.1, 0.15) is 11.3 Å². The van der Waals surface area contributed by atoms with E-state index in [0.29, 0.717) is 0 Å². The standard InChI is InChI=1S/C44H31N3OS.C3H6.C2H6/c1-2-11-26(12-3-1)41-33-15-4-7-18-35(33)45-44(46-41)47-36-24-23-32-30-14-6-9-20-39(30)49-43(32)40(36)34-22-21-27(25-37(34)47)28-16-10-17-31-29-13-5-8-19-38(29)48-42(28)31;1-3-2;1-2/h1-4,6-12,14-25,41,44-46H,5,13H2;3H,1H2,2H3;1-2H3. The molecule has 1 aliphatic carbocycles. The zero-order valence-corrected chi connectivity index (χ0v) is 31.7. The molecule has 4 nitrogen and oxygen atoms in total. The van der Waals surface area contributed by atoms with Gasteiger partial charge < -0.3 is 14.3 Å². The lowest BCUT2D eigenvalue weighted by Crippen LogP contribution is -2.40. The van der Waals surface area contributed by atoms with Crippen molar-refractivity contribution in [3.63, 3.8) is 0 Å². The lowest BCUT2D eigenvalue weighted by atomic mass is 9.95. The van der Waals surface area contributed by atoms with Gasteiger partial charge in [-0.15, -0.1) is 17.9 Å². The summed E-state index contributed by atoms with van der Waals surface area (Å²) in [6, 6.07) is 46.5. The van der Waals surface area contributed by atoms with Crippen molar-refractivity contribution in [1.82, 2.24) is 9.88 Å². The fourth-order valence-electron chi connectivity index (χ4n) is 8.36. The molecule has 0 amide bonds. The number of allylic oxidation sites excluding steroid dienone is 2. The number of thiophene rings is 1. The summed E-state index contributed by atoms with van der Waals surface area (Å²) in [5, 5.41) is 14.4. The van der Waals surface area contributed by atoms with Crippen LogP contribution < -0.4 is 10.6 Å². The van der Waals surface area contributed by atoms with Crippen LogP contribution in [0.15, 0.2) is 151 Å². The van der Waals surface area contributed by atoms with Gasteiger partial charge in [0.25, 0.3) is 0 Å². The molecule has 0 radical (unpaired) electrons. The lowest BCUT2D eigenvalue weighted by molar-refractivity contribution is 0.417. The second-order valence-electron chi connectivity index (χ2n) is 13.7. The van der Waals surface area contributed by atoms with Crippen molar-refractivity contribution in [3.05, 3.63) is 169 Å². The smallest absolute Gasteiger partial charge is 0.160 e. The first kappa shape index (κ1) is 33.9. The van der Waals surface area contributed by atoms with Gasteiger partial charge >= 0.3 is 0 Å². The van der Waals surface area contributed by atoms with Gasteiger partial charge in [-0.2, -0.15) is 0 Å². The van der Waals surface area contributed by atoms with Crippen LogP contribution in [0, 0.1) is 0 Å². The fraction of sp³-hybridized carbons (Fsp3) is 0.143. The van der Waals surface area contributed by atoms with E-state index >= 15 is 0 Å². The van der Waals surface area contributed by atoms with E-state index in [1.165, 1.54) is 64.1 Å². The lowest BCUT2D eigenvalue weighted by Gasteiger charge is -2.36. The summed E-state index contributed by atoms with van der Waals surface area (Å²) in [6.07, 6.45) is 7.98. The van der Waals surface area contributed by atoms with E-state index in [-0.39, 0.29) is 12.3 Å². The molecule has 4 heterocycles. The molecule has 2 N–H and O–H groups in total. The highest BCUT2D eigenvalue weighted by Crippen LogP contribution is 2.46. The van der Waals surface area contributed by atoms with Crippen LogP contribution in [0.25, 0.3) is 70.2 Å². The van der Waals surface area contributed by atoms with E-state index in [1.54, 1.807) is 6.08 Å². The van der Waals surface area contributed by atoms with Crippen LogP contribution in [-0.4, -0.2) is 4.57 Å². The molecule has 0 spiro atoms. The summed E-state index contributed by atoms with van der Waals surface area (Å²) >= 11 is 1.89. The van der Waals surface area contributed by atoms with E-state index in [4.69, 9.17) is 4.42 Å². The molecule has 6 aromatic carbocycles. The zero-order valence-electron chi connectivity index (χ0n) is 30.9. The van der Waals surface area contributed by atoms with E-state index in [2.05, 4.69) is 161 Å². The van der Waals surface area contributed by atoms with Gasteiger partial charge in [0.2, 0.25) is 0 Å². The van der Waals surface area contributed by atoms with Gasteiger partial charge in [-0.3, -0.25) is 5.32 Å². The van der Waals surface area contributed by atoms with E-state index in [0.717, 1.165) is 41.0 Å². The maximum Gasteiger partial charge on any atom is 0.160 e. The third-order valence-electron chi connectivity index (χ3n) is 10.6. The third-order valence-corrected chi connectivity index (χ3v) is 11.8. The molecule has 54 heavy (non-hydrogen) atoms. The summed E-state index contributed by atoms with van der Waals surface area (Å²) in [5.74, 6) is 0.997. The quantitative estimate of drug-likeness (QED) is 0.179. The van der Waals surface area contributed by atoms with Crippen molar-refractivity contribution in [2.75, 3.05) is 5.32 Å². The number of nitrogens with zero attached hydrogens (tertiary/aromatic N) is 1. The molecule has 11 rings (SSSR count). The van der Waals surface area contributed by atoms with Crippen molar-refractivity contribution < 1.29 is 4.42 Å². The summed E-state index contributed by atoms with van der Waals surface area (Å²) < 4.78 is 11.7. The van der Waals surface area contributed by atoms with E-state index < -0.39 is 0 Å². The van der Waals surface area contributed by atoms with Crippen LogP contribution >= 0.6 is 11.3 Å². The number of aryl methyl sites for hydroxylation is 1. The summed E-state index contributed by atoms with van der Waals surface area (Å²) in [6.45, 7) is 9.25. The number of rotatable bonds is 3. The Morgan fingerprint density at radius 1 is 0.778 bits per heavy atom. The van der Waals surface area contributed by atoms with Crippen molar-refractivity contribution in [3.8, 4) is 11.1 Å². The normalized spacial score (nSPS) is 16.0. The second-order valence-corrected chi connectivity index (χ2v) is 14.7. The minimum Gasteiger partial charge on any atom is -0.456 e. The highest BCUT2D eigenvalue weighted by molar-refractivity contribution is 7.26. The first-order valence-electron chi connectivity index (χ1n) is 19.0. The fourth-order valence-corrected chi connectivity index (χ4v) is 9.62. The predicted molar refractivity (Wildman–Crippen MR) is 233 cm³/mol. The number of aromatic nitrogens is 1. The van der Waals surface area contributed by atoms with Gasteiger partial charge in [0.05, 0.1) is 17.1 Å². The Morgan fingerprint density at radius 3 is 2.41 bits per heavy atom. The molecular formula is C49H43N3OS. The van der Waals surface area contributed by atoms with Crippen LogP contribution in [0.4, 0.5) is 5.69 Å². The Morgan fingerprint density at radius 2 is 1.54 bits per heavy atom. The molecule has 0 saturated heterocycles. The number of hydrogen-bond acceptors (Lipinski definition) is 4. The molecule has 266 valence electrons. The molecular weight excluding hydrogens is 679 g/mol. The highest BCUT2D eigenvalue weighted by Gasteiger charge is 2.30. The molecule has 0 fully saturated rings. The number of furan rings is 1. The number of hydrogen-bond donors (Lipinski definition) is 2. The van der Waals surface area contributed by atoms with Crippen molar-refractivity contribution in [1.29, 1.82) is 0 Å². The Balaban J connectivity index is 0.000000735. The number of para-hydroxylation sites is 2. The van der Waals surface area contributed by atoms with Gasteiger partial charge in [-0.1, -0.05) is 129 Å². The van der Waals surface area contributed by atoms with E-state index in [1.807, 2.05) is 32.1 Å². The van der Waals surface area contributed by atoms with Gasteiger partial charge in [-0.25, -0.2) is 0 Å². The Kier molecular flexibility index (Phi) is 8.90. The zero-order chi connectivity index (χ0) is 36.8. The Labute approximate surface area is 320 Å². The van der Waals surface area contributed by atoms with Gasteiger partial charge in [-0.05, 0) is 66.8 Å². The topological polar surface area (TPSA) is 42.1 Å². The van der Waals surface area contributed by atoms with Crippen molar-refractivity contribution in [2.45, 2.75) is 45.9 Å². The average Bonchev–Trinajstić information content (AvgIpc) is 3.91. The van der Waals surface area contributed by atoms with Crippen LogP contribution in [0.2, 0.25) is 0 Å².